The largest absolute Gasteiger partial charge is 0.463 e. The molecule has 2 aromatic heterocycles. The van der Waals surface area contributed by atoms with Crippen LogP contribution in [-0.4, -0.2) is 26.1 Å². The van der Waals surface area contributed by atoms with Gasteiger partial charge >= 0.3 is 6.01 Å². The van der Waals surface area contributed by atoms with Gasteiger partial charge in [-0.2, -0.15) is 4.98 Å². The van der Waals surface area contributed by atoms with Crippen LogP contribution in [0.5, 0.6) is 6.01 Å². The smallest absolute Gasteiger partial charge is 0.316 e. The maximum atomic E-state index is 5.63. The molecule has 22 heavy (non-hydrogen) atoms. The molecule has 0 aliphatic heterocycles. The van der Waals surface area contributed by atoms with Crippen LogP contribution in [-0.2, 0) is 6.54 Å². The lowest BCUT2D eigenvalue weighted by Gasteiger charge is -2.05. The number of para-hydroxylation sites is 1. The SMILES string of the molecule is c1ccc2nc(OCCCCCCn3ccnc3)ncc2c1. The van der Waals surface area contributed by atoms with Crippen LogP contribution < -0.4 is 4.74 Å². The maximum absolute atomic E-state index is 5.63. The number of ether oxygens (including phenoxy) is 1. The lowest BCUT2D eigenvalue weighted by molar-refractivity contribution is 0.282. The lowest BCUT2D eigenvalue weighted by Crippen LogP contribution is -2.01. The monoisotopic (exact) mass is 296 g/mol. The fourth-order valence-electron chi connectivity index (χ4n) is 2.36. The van der Waals surface area contributed by atoms with Gasteiger partial charge in [-0.05, 0) is 25.3 Å². The number of hydrogen-bond donors (Lipinski definition) is 0. The lowest BCUT2D eigenvalue weighted by atomic mass is 10.2. The summed E-state index contributed by atoms with van der Waals surface area (Å²) in [7, 11) is 0. The van der Waals surface area contributed by atoms with Crippen molar-refractivity contribution in [3.8, 4) is 6.01 Å². The summed E-state index contributed by atoms with van der Waals surface area (Å²) in [5.74, 6) is 0. The standard InChI is InChI=1S/C17H20N4O/c1(5-10-21-11-9-18-14-21)2-6-12-22-17-19-13-15-7-3-4-8-16(15)20-17/h3-4,7-9,11,13-14H,1-2,5-6,10,12H2. The van der Waals surface area contributed by atoms with Gasteiger partial charge < -0.3 is 9.30 Å². The Morgan fingerprint density at radius 1 is 1.05 bits per heavy atom. The number of rotatable bonds is 8. The molecule has 0 atom stereocenters. The van der Waals surface area contributed by atoms with Gasteiger partial charge in [-0.3, -0.25) is 0 Å². The molecule has 0 bridgehead atoms. The molecule has 0 aliphatic carbocycles. The van der Waals surface area contributed by atoms with Crippen LogP contribution in [0.25, 0.3) is 10.9 Å². The molecular weight excluding hydrogens is 276 g/mol. The van der Waals surface area contributed by atoms with Crippen molar-refractivity contribution in [3.05, 3.63) is 49.2 Å². The van der Waals surface area contributed by atoms with E-state index >= 15 is 0 Å². The first-order valence-corrected chi connectivity index (χ1v) is 7.72. The summed E-state index contributed by atoms with van der Waals surface area (Å²) < 4.78 is 7.74. The number of nitrogens with zero attached hydrogens (tertiary/aromatic N) is 4. The third kappa shape index (κ3) is 4.04. The number of unbranched alkanes of at least 4 members (excludes halogenated alkanes) is 3. The first-order valence-electron chi connectivity index (χ1n) is 7.72. The van der Waals surface area contributed by atoms with Crippen molar-refractivity contribution in [1.29, 1.82) is 0 Å². The molecule has 0 spiro atoms. The highest BCUT2D eigenvalue weighted by atomic mass is 16.5. The highest BCUT2D eigenvalue weighted by Crippen LogP contribution is 2.13. The molecule has 5 heteroatoms. The molecule has 0 radical (unpaired) electrons. The second-order valence-electron chi connectivity index (χ2n) is 5.27. The molecular formula is C17H20N4O. The fraction of sp³-hybridized carbons (Fsp3) is 0.353. The van der Waals surface area contributed by atoms with Gasteiger partial charge in [-0.1, -0.05) is 24.6 Å². The number of benzene rings is 1. The summed E-state index contributed by atoms with van der Waals surface area (Å²) in [6.45, 7) is 1.71. The summed E-state index contributed by atoms with van der Waals surface area (Å²) in [6, 6.07) is 8.39. The second-order valence-corrected chi connectivity index (χ2v) is 5.27. The molecule has 1 aromatic carbocycles. The van der Waals surface area contributed by atoms with E-state index in [0.717, 1.165) is 30.3 Å². The van der Waals surface area contributed by atoms with Crippen LogP contribution in [0.2, 0.25) is 0 Å². The van der Waals surface area contributed by atoms with E-state index in [1.807, 2.05) is 49.2 Å². The molecule has 0 fully saturated rings. The second kappa shape index (κ2) is 7.54. The Bertz CT molecular complexity index is 697. The molecule has 2 heterocycles. The van der Waals surface area contributed by atoms with Gasteiger partial charge in [0.15, 0.2) is 0 Å². The molecule has 0 unspecified atom stereocenters. The van der Waals surface area contributed by atoms with Crippen LogP contribution in [0.3, 0.4) is 0 Å². The maximum Gasteiger partial charge on any atom is 0.316 e. The van der Waals surface area contributed by atoms with Gasteiger partial charge in [-0.25, -0.2) is 9.97 Å². The van der Waals surface area contributed by atoms with E-state index in [4.69, 9.17) is 4.74 Å². The van der Waals surface area contributed by atoms with E-state index in [0.29, 0.717) is 12.6 Å². The summed E-state index contributed by atoms with van der Waals surface area (Å²) in [4.78, 5) is 12.7. The van der Waals surface area contributed by atoms with E-state index < -0.39 is 0 Å². The Labute approximate surface area is 130 Å². The Morgan fingerprint density at radius 2 is 1.95 bits per heavy atom. The molecule has 0 N–H and O–H groups in total. The summed E-state index contributed by atoms with van der Waals surface area (Å²) in [6.07, 6.45) is 12.0. The summed E-state index contributed by atoms with van der Waals surface area (Å²) >= 11 is 0. The normalized spacial score (nSPS) is 10.9. The summed E-state index contributed by atoms with van der Waals surface area (Å²) in [5, 5.41) is 1.04. The van der Waals surface area contributed by atoms with E-state index in [-0.39, 0.29) is 0 Å². The zero-order valence-electron chi connectivity index (χ0n) is 12.6. The predicted octanol–water partition coefficient (Wildman–Crippen LogP) is 3.47. The van der Waals surface area contributed by atoms with Gasteiger partial charge in [0.2, 0.25) is 0 Å². The predicted molar refractivity (Wildman–Crippen MR) is 85.7 cm³/mol. The van der Waals surface area contributed by atoms with E-state index in [1.54, 1.807) is 0 Å². The zero-order valence-corrected chi connectivity index (χ0v) is 12.6. The van der Waals surface area contributed by atoms with Crippen LogP contribution in [0, 0.1) is 0 Å². The first-order chi connectivity index (χ1) is 10.9. The van der Waals surface area contributed by atoms with Gasteiger partial charge in [0.25, 0.3) is 0 Å². The molecule has 3 aromatic rings. The Hall–Kier alpha value is -2.43. The highest BCUT2D eigenvalue weighted by molar-refractivity contribution is 5.77. The topological polar surface area (TPSA) is 52.8 Å². The molecule has 0 aliphatic rings. The fourth-order valence-corrected chi connectivity index (χ4v) is 2.36. The number of hydrogen-bond acceptors (Lipinski definition) is 4. The van der Waals surface area contributed by atoms with Crippen molar-refractivity contribution >= 4 is 10.9 Å². The van der Waals surface area contributed by atoms with E-state index in [1.165, 1.54) is 12.8 Å². The van der Waals surface area contributed by atoms with E-state index in [2.05, 4.69) is 19.5 Å². The van der Waals surface area contributed by atoms with Crippen molar-refractivity contribution in [2.75, 3.05) is 6.61 Å². The third-order valence-electron chi connectivity index (χ3n) is 3.57. The molecule has 5 nitrogen and oxygen atoms in total. The number of aryl methyl sites for hydroxylation is 1. The number of fused-ring (bicyclic) bond motifs is 1. The van der Waals surface area contributed by atoms with Gasteiger partial charge in [-0.15, -0.1) is 0 Å². The van der Waals surface area contributed by atoms with Crippen molar-refractivity contribution in [1.82, 2.24) is 19.5 Å². The minimum Gasteiger partial charge on any atom is -0.463 e. The zero-order chi connectivity index (χ0) is 15.0. The Morgan fingerprint density at radius 3 is 2.86 bits per heavy atom. The minimum absolute atomic E-state index is 0.470. The van der Waals surface area contributed by atoms with Crippen LogP contribution in [0.1, 0.15) is 25.7 Å². The Kier molecular flexibility index (Phi) is 4.97. The molecule has 0 amide bonds. The summed E-state index contributed by atoms with van der Waals surface area (Å²) in [5.41, 5.74) is 0.924. The molecule has 0 saturated heterocycles. The number of imidazole rings is 1. The number of aromatic nitrogens is 4. The van der Waals surface area contributed by atoms with E-state index in [9.17, 15) is 0 Å². The third-order valence-corrected chi connectivity index (χ3v) is 3.57. The average Bonchev–Trinajstić information content (AvgIpc) is 3.07. The molecule has 0 saturated carbocycles. The van der Waals surface area contributed by atoms with Gasteiger partial charge in [0.1, 0.15) is 0 Å². The molecule has 114 valence electrons. The Balaban J connectivity index is 1.34. The van der Waals surface area contributed by atoms with Crippen LogP contribution >= 0.6 is 0 Å². The first kappa shape index (κ1) is 14.5. The van der Waals surface area contributed by atoms with Crippen molar-refractivity contribution in [2.45, 2.75) is 32.2 Å². The minimum atomic E-state index is 0.470. The van der Waals surface area contributed by atoms with Crippen molar-refractivity contribution < 1.29 is 4.74 Å². The van der Waals surface area contributed by atoms with Gasteiger partial charge in [0.05, 0.1) is 18.5 Å². The molecule has 3 rings (SSSR count). The average molecular weight is 296 g/mol. The van der Waals surface area contributed by atoms with Crippen molar-refractivity contribution in [3.63, 3.8) is 0 Å². The van der Waals surface area contributed by atoms with Crippen molar-refractivity contribution in [2.24, 2.45) is 0 Å². The quantitative estimate of drug-likeness (QED) is 0.597. The van der Waals surface area contributed by atoms with Gasteiger partial charge in [0, 0.05) is 30.5 Å². The highest BCUT2D eigenvalue weighted by Gasteiger charge is 2.00. The van der Waals surface area contributed by atoms with Crippen LogP contribution in [0.4, 0.5) is 0 Å². The van der Waals surface area contributed by atoms with Crippen LogP contribution in [0.15, 0.2) is 49.2 Å².